The highest BCUT2D eigenvalue weighted by atomic mass is 16.5. The first kappa shape index (κ1) is 19.2. The lowest BCUT2D eigenvalue weighted by molar-refractivity contribution is 0.513. The van der Waals surface area contributed by atoms with Crippen LogP contribution in [0, 0.1) is 0 Å². The van der Waals surface area contributed by atoms with Crippen LogP contribution in [0.4, 0.5) is 11.4 Å². The number of nitrogens with zero attached hydrogens (tertiary/aromatic N) is 2. The van der Waals surface area contributed by atoms with Gasteiger partial charge < -0.3 is 9.47 Å². The number of hydrogen-bond acceptors (Lipinski definition) is 4. The van der Waals surface area contributed by atoms with Crippen molar-refractivity contribution in [3.8, 4) is 11.5 Å². The molecule has 0 aromatic heterocycles. The summed E-state index contributed by atoms with van der Waals surface area (Å²) < 4.78 is 12.2. The zero-order valence-corrected chi connectivity index (χ0v) is 16.3. The minimum Gasteiger partial charge on any atom is -0.435 e. The van der Waals surface area contributed by atoms with Gasteiger partial charge in [-0.15, -0.1) is 0 Å². The molecule has 0 heterocycles. The first-order valence-electron chi connectivity index (χ1n) is 9.60. The van der Waals surface area contributed by atoms with Gasteiger partial charge >= 0.3 is 0 Å². The van der Waals surface area contributed by atoms with Gasteiger partial charge in [0.1, 0.15) is 11.5 Å². The van der Waals surface area contributed by atoms with Crippen LogP contribution in [0.15, 0.2) is 131 Å². The van der Waals surface area contributed by atoms with Crippen molar-refractivity contribution in [3.05, 3.63) is 121 Å². The third kappa shape index (κ3) is 5.42. The fourth-order valence-electron chi connectivity index (χ4n) is 2.67. The minimum atomic E-state index is 0.264. The van der Waals surface area contributed by atoms with Gasteiger partial charge in [-0.25, -0.2) is 9.98 Å². The highest BCUT2D eigenvalue weighted by Crippen LogP contribution is 2.19. The van der Waals surface area contributed by atoms with E-state index in [2.05, 4.69) is 9.98 Å². The lowest BCUT2D eigenvalue weighted by Crippen LogP contribution is -2.26. The van der Waals surface area contributed by atoms with E-state index in [9.17, 15) is 0 Å². The third-order valence-corrected chi connectivity index (χ3v) is 4.07. The van der Waals surface area contributed by atoms with Crippen LogP contribution >= 0.6 is 0 Å². The summed E-state index contributed by atoms with van der Waals surface area (Å²) in [7, 11) is 0. The molecule has 0 bridgehead atoms. The van der Waals surface area contributed by atoms with Gasteiger partial charge in [-0.1, -0.05) is 72.8 Å². The summed E-state index contributed by atoms with van der Waals surface area (Å²) in [4.78, 5) is 9.37. The topological polar surface area (TPSA) is 43.2 Å². The average Bonchev–Trinajstić information content (AvgIpc) is 2.81. The summed E-state index contributed by atoms with van der Waals surface area (Å²) in [6, 6.07) is 38.1. The highest BCUT2D eigenvalue weighted by Gasteiger charge is 2.16. The van der Waals surface area contributed by atoms with Crippen molar-refractivity contribution < 1.29 is 9.47 Å². The van der Waals surface area contributed by atoms with Gasteiger partial charge in [-0.05, 0) is 48.5 Å². The lowest BCUT2D eigenvalue weighted by atomic mass is 10.3. The molecule has 0 fully saturated rings. The van der Waals surface area contributed by atoms with Crippen LogP contribution in [-0.2, 0) is 0 Å². The molecular formula is C26H20N2O2. The van der Waals surface area contributed by atoms with Crippen molar-refractivity contribution in [1.82, 2.24) is 0 Å². The van der Waals surface area contributed by atoms with E-state index in [0.717, 1.165) is 11.4 Å². The van der Waals surface area contributed by atoms with Gasteiger partial charge in [0, 0.05) is 0 Å². The van der Waals surface area contributed by atoms with Gasteiger partial charge in [0.25, 0.3) is 11.8 Å². The van der Waals surface area contributed by atoms with Crippen LogP contribution in [0.25, 0.3) is 0 Å². The van der Waals surface area contributed by atoms with E-state index in [1.54, 1.807) is 0 Å². The monoisotopic (exact) mass is 392 g/mol. The second-order valence-corrected chi connectivity index (χ2v) is 6.34. The lowest BCUT2D eigenvalue weighted by Gasteiger charge is -2.13. The van der Waals surface area contributed by atoms with Gasteiger partial charge in [-0.3, -0.25) is 0 Å². The summed E-state index contributed by atoms with van der Waals surface area (Å²) in [5.41, 5.74) is 1.47. The Bertz CT molecular complexity index is 1020. The molecular weight excluding hydrogens is 372 g/mol. The molecule has 146 valence electrons. The first-order chi connectivity index (χ1) is 14.9. The maximum absolute atomic E-state index is 6.12. The van der Waals surface area contributed by atoms with Crippen LogP contribution < -0.4 is 9.47 Å². The molecule has 0 spiro atoms. The van der Waals surface area contributed by atoms with E-state index in [0.29, 0.717) is 11.5 Å². The summed E-state index contributed by atoms with van der Waals surface area (Å²) in [5.74, 6) is 1.81. The van der Waals surface area contributed by atoms with Crippen molar-refractivity contribution >= 4 is 23.2 Å². The third-order valence-electron chi connectivity index (χ3n) is 4.07. The van der Waals surface area contributed by atoms with E-state index in [4.69, 9.17) is 9.47 Å². The fourth-order valence-corrected chi connectivity index (χ4v) is 2.67. The van der Waals surface area contributed by atoms with Crippen LogP contribution in [-0.4, -0.2) is 11.8 Å². The molecule has 0 unspecified atom stereocenters. The summed E-state index contributed by atoms with van der Waals surface area (Å²) in [6.07, 6.45) is 0. The predicted octanol–water partition coefficient (Wildman–Crippen LogP) is 6.60. The van der Waals surface area contributed by atoms with Crippen molar-refractivity contribution in [2.75, 3.05) is 0 Å². The van der Waals surface area contributed by atoms with Gasteiger partial charge in [0.05, 0.1) is 11.4 Å². The van der Waals surface area contributed by atoms with E-state index >= 15 is 0 Å². The standard InChI is InChI=1S/C26H20N2O2/c1-5-13-21(14-6-1)27-25(29-23-17-9-3-10-18-23)26(28-22-15-7-2-8-16-22)30-24-19-11-4-12-20-24/h1-20H. The Morgan fingerprint density at radius 3 is 1.03 bits per heavy atom. The molecule has 0 radical (unpaired) electrons. The molecule has 4 aromatic carbocycles. The van der Waals surface area contributed by atoms with Crippen molar-refractivity contribution in [2.45, 2.75) is 0 Å². The number of benzene rings is 4. The molecule has 4 nitrogen and oxygen atoms in total. The Morgan fingerprint density at radius 1 is 0.400 bits per heavy atom. The predicted molar refractivity (Wildman–Crippen MR) is 121 cm³/mol. The van der Waals surface area contributed by atoms with Crippen molar-refractivity contribution in [1.29, 1.82) is 0 Å². The molecule has 30 heavy (non-hydrogen) atoms. The van der Waals surface area contributed by atoms with E-state index < -0.39 is 0 Å². The Morgan fingerprint density at radius 2 is 0.700 bits per heavy atom. The average molecular weight is 392 g/mol. The maximum atomic E-state index is 6.12. The minimum absolute atomic E-state index is 0.264. The second-order valence-electron chi connectivity index (χ2n) is 6.34. The zero-order valence-electron chi connectivity index (χ0n) is 16.3. The Kier molecular flexibility index (Phi) is 6.28. The van der Waals surface area contributed by atoms with Gasteiger partial charge in [0.2, 0.25) is 0 Å². The molecule has 4 aromatic rings. The van der Waals surface area contributed by atoms with Crippen LogP contribution in [0.3, 0.4) is 0 Å². The Labute approximate surface area is 175 Å². The number of aliphatic imine (C=N–C) groups is 2. The van der Waals surface area contributed by atoms with E-state index in [1.165, 1.54) is 0 Å². The quantitative estimate of drug-likeness (QED) is 0.290. The highest BCUT2D eigenvalue weighted by molar-refractivity contribution is 6.37. The SMILES string of the molecule is c1ccc(N=C(Oc2ccccc2)C(=Nc2ccccc2)Oc2ccccc2)cc1. The molecule has 0 N–H and O–H groups in total. The van der Waals surface area contributed by atoms with E-state index in [-0.39, 0.29) is 11.8 Å². The first-order valence-corrected chi connectivity index (χ1v) is 9.60. The zero-order chi connectivity index (χ0) is 20.4. The summed E-state index contributed by atoms with van der Waals surface area (Å²) >= 11 is 0. The van der Waals surface area contributed by atoms with Crippen LogP contribution in [0.2, 0.25) is 0 Å². The number of ether oxygens (including phenoxy) is 2. The number of hydrogen-bond donors (Lipinski definition) is 0. The Balaban J connectivity index is 1.79. The normalized spacial score (nSPS) is 11.7. The summed E-state index contributed by atoms with van der Waals surface area (Å²) in [5, 5.41) is 0. The van der Waals surface area contributed by atoms with Gasteiger partial charge in [-0.2, -0.15) is 0 Å². The number of para-hydroxylation sites is 4. The van der Waals surface area contributed by atoms with Crippen LogP contribution in [0.5, 0.6) is 11.5 Å². The largest absolute Gasteiger partial charge is 0.435 e. The van der Waals surface area contributed by atoms with E-state index in [1.807, 2.05) is 121 Å². The molecule has 4 heteroatoms. The number of rotatable bonds is 4. The molecule has 0 aliphatic carbocycles. The summed E-state index contributed by atoms with van der Waals surface area (Å²) in [6.45, 7) is 0. The maximum Gasteiger partial charge on any atom is 0.284 e. The molecule has 0 saturated heterocycles. The Hall–Kier alpha value is -4.18. The molecule has 0 amide bonds. The molecule has 0 aliphatic heterocycles. The molecule has 0 atom stereocenters. The van der Waals surface area contributed by atoms with Gasteiger partial charge in [0.15, 0.2) is 0 Å². The van der Waals surface area contributed by atoms with Crippen LogP contribution in [0.1, 0.15) is 0 Å². The molecule has 4 rings (SSSR count). The van der Waals surface area contributed by atoms with Crippen molar-refractivity contribution in [2.24, 2.45) is 9.98 Å². The second kappa shape index (κ2) is 9.85. The molecule has 0 aliphatic rings. The molecule has 0 saturated carbocycles. The van der Waals surface area contributed by atoms with Crippen molar-refractivity contribution in [3.63, 3.8) is 0 Å². The fraction of sp³-hybridized carbons (Fsp3) is 0. The smallest absolute Gasteiger partial charge is 0.284 e.